The van der Waals surface area contributed by atoms with Crippen molar-refractivity contribution in [1.29, 1.82) is 0 Å². The number of aryl methyl sites for hydroxylation is 1. The average molecular weight is 261 g/mol. The monoisotopic (exact) mass is 261 g/mol. The molecule has 3 heterocycles. The fourth-order valence-corrected chi connectivity index (χ4v) is 3.38. The molecule has 2 aromatic heterocycles. The Morgan fingerprint density at radius 2 is 2.50 bits per heavy atom. The molecule has 1 N–H and O–H groups in total. The predicted octanol–water partition coefficient (Wildman–Crippen LogP) is 2.76. The molecule has 0 bridgehead atoms. The Bertz CT molecular complexity index is 546. The maximum Gasteiger partial charge on any atom is 0.257 e. The molecule has 1 aliphatic heterocycles. The second-order valence-electron chi connectivity index (χ2n) is 4.58. The Morgan fingerprint density at radius 1 is 1.61 bits per heavy atom. The Kier molecular flexibility index (Phi) is 2.91. The van der Waals surface area contributed by atoms with Crippen molar-refractivity contribution >= 4 is 17.2 Å². The standard InChI is InChI=1S/C13H15N3OS/c1-9-10(8-14-15-9)13(17)16-6-2-4-11(16)12-5-3-7-18-12/h3,5,7-8,11H,2,4,6H2,1H3,(H,14,15). The number of H-pyrrole nitrogens is 1. The molecule has 94 valence electrons. The van der Waals surface area contributed by atoms with Crippen molar-refractivity contribution in [3.05, 3.63) is 39.8 Å². The third-order valence-corrected chi connectivity index (χ3v) is 4.42. The molecule has 1 saturated heterocycles. The van der Waals surface area contributed by atoms with Crippen LogP contribution in [0, 0.1) is 6.92 Å². The van der Waals surface area contributed by atoms with Gasteiger partial charge in [0.05, 0.1) is 17.8 Å². The Morgan fingerprint density at radius 3 is 3.17 bits per heavy atom. The lowest BCUT2D eigenvalue weighted by Crippen LogP contribution is -2.30. The minimum Gasteiger partial charge on any atom is -0.331 e. The Balaban J connectivity index is 1.88. The van der Waals surface area contributed by atoms with Crippen molar-refractivity contribution in [2.45, 2.75) is 25.8 Å². The predicted molar refractivity (Wildman–Crippen MR) is 70.7 cm³/mol. The van der Waals surface area contributed by atoms with Gasteiger partial charge in [0.2, 0.25) is 0 Å². The minimum absolute atomic E-state index is 0.0946. The topological polar surface area (TPSA) is 49.0 Å². The van der Waals surface area contributed by atoms with Crippen molar-refractivity contribution in [2.24, 2.45) is 0 Å². The molecule has 1 unspecified atom stereocenters. The molecule has 1 atom stereocenters. The number of nitrogens with zero attached hydrogens (tertiary/aromatic N) is 2. The summed E-state index contributed by atoms with van der Waals surface area (Å²) < 4.78 is 0. The van der Waals surface area contributed by atoms with E-state index in [0.29, 0.717) is 5.56 Å². The normalized spacial score (nSPS) is 19.4. The molecule has 1 aliphatic rings. The molecule has 0 spiro atoms. The fourth-order valence-electron chi connectivity index (χ4n) is 2.51. The van der Waals surface area contributed by atoms with Crippen LogP contribution in [0.2, 0.25) is 0 Å². The number of amides is 1. The van der Waals surface area contributed by atoms with Crippen molar-refractivity contribution < 1.29 is 4.79 Å². The second-order valence-corrected chi connectivity index (χ2v) is 5.56. The van der Waals surface area contributed by atoms with E-state index in [0.717, 1.165) is 25.1 Å². The highest BCUT2D eigenvalue weighted by molar-refractivity contribution is 7.10. The van der Waals surface area contributed by atoms with Crippen LogP contribution >= 0.6 is 11.3 Å². The first kappa shape index (κ1) is 11.5. The first-order valence-corrected chi connectivity index (χ1v) is 6.99. The third-order valence-electron chi connectivity index (χ3n) is 3.45. The van der Waals surface area contributed by atoms with Crippen LogP contribution < -0.4 is 0 Å². The largest absolute Gasteiger partial charge is 0.331 e. The van der Waals surface area contributed by atoms with Crippen molar-refractivity contribution in [1.82, 2.24) is 15.1 Å². The lowest BCUT2D eigenvalue weighted by Gasteiger charge is -2.23. The van der Waals surface area contributed by atoms with E-state index in [2.05, 4.69) is 21.6 Å². The highest BCUT2D eigenvalue weighted by Crippen LogP contribution is 2.35. The first-order valence-electron chi connectivity index (χ1n) is 6.11. The molecule has 1 amide bonds. The van der Waals surface area contributed by atoms with Gasteiger partial charge in [0.15, 0.2) is 0 Å². The number of rotatable bonds is 2. The van der Waals surface area contributed by atoms with Crippen molar-refractivity contribution in [3.63, 3.8) is 0 Å². The zero-order chi connectivity index (χ0) is 12.5. The Hall–Kier alpha value is -1.62. The van der Waals surface area contributed by atoms with Gasteiger partial charge in [0.1, 0.15) is 0 Å². The van der Waals surface area contributed by atoms with Gasteiger partial charge >= 0.3 is 0 Å². The number of hydrogen-bond acceptors (Lipinski definition) is 3. The smallest absolute Gasteiger partial charge is 0.257 e. The van der Waals surface area contributed by atoms with E-state index in [1.807, 2.05) is 17.9 Å². The van der Waals surface area contributed by atoms with Gasteiger partial charge < -0.3 is 4.90 Å². The first-order chi connectivity index (χ1) is 8.77. The maximum atomic E-state index is 12.5. The van der Waals surface area contributed by atoms with Gasteiger partial charge in [-0.05, 0) is 31.2 Å². The van der Waals surface area contributed by atoms with Crippen LogP contribution in [0.1, 0.15) is 39.8 Å². The summed E-state index contributed by atoms with van der Waals surface area (Å²) in [6.07, 6.45) is 3.76. The molecular weight excluding hydrogens is 246 g/mol. The summed E-state index contributed by atoms with van der Waals surface area (Å²) in [5.41, 5.74) is 1.54. The second kappa shape index (κ2) is 4.57. The lowest BCUT2D eigenvalue weighted by atomic mass is 10.1. The third kappa shape index (κ3) is 1.84. The summed E-state index contributed by atoms with van der Waals surface area (Å²) in [4.78, 5) is 15.8. The fraction of sp³-hybridized carbons (Fsp3) is 0.385. The summed E-state index contributed by atoms with van der Waals surface area (Å²) >= 11 is 1.73. The van der Waals surface area contributed by atoms with Gasteiger partial charge in [0, 0.05) is 17.1 Å². The summed E-state index contributed by atoms with van der Waals surface area (Å²) in [6.45, 7) is 2.72. The SMILES string of the molecule is Cc1[nH]ncc1C(=O)N1CCCC1c1cccs1. The molecule has 2 aromatic rings. The number of hydrogen-bond donors (Lipinski definition) is 1. The molecule has 4 nitrogen and oxygen atoms in total. The van der Waals surface area contributed by atoms with E-state index in [9.17, 15) is 4.79 Å². The Labute approximate surface area is 110 Å². The van der Waals surface area contributed by atoms with Crippen LogP contribution in [0.3, 0.4) is 0 Å². The van der Waals surface area contributed by atoms with Crippen molar-refractivity contribution in [2.75, 3.05) is 6.54 Å². The highest BCUT2D eigenvalue weighted by Gasteiger charge is 2.32. The van der Waals surface area contributed by atoms with Gasteiger partial charge in [-0.2, -0.15) is 5.10 Å². The van der Waals surface area contributed by atoms with E-state index in [-0.39, 0.29) is 11.9 Å². The molecule has 0 aliphatic carbocycles. The molecule has 0 aromatic carbocycles. The molecule has 3 rings (SSSR count). The van der Waals surface area contributed by atoms with Gasteiger partial charge in [-0.15, -0.1) is 11.3 Å². The zero-order valence-corrected chi connectivity index (χ0v) is 11.0. The van der Waals surface area contributed by atoms with Crippen molar-refractivity contribution in [3.8, 4) is 0 Å². The van der Waals surface area contributed by atoms with Crippen LogP contribution in [0.4, 0.5) is 0 Å². The number of nitrogens with one attached hydrogen (secondary N) is 1. The van der Waals surface area contributed by atoms with Gasteiger partial charge in [-0.1, -0.05) is 6.07 Å². The van der Waals surface area contributed by atoms with Crippen LogP contribution in [0.15, 0.2) is 23.7 Å². The number of aromatic amines is 1. The van der Waals surface area contributed by atoms with Gasteiger partial charge in [-0.3, -0.25) is 9.89 Å². The van der Waals surface area contributed by atoms with E-state index in [1.165, 1.54) is 4.88 Å². The maximum absolute atomic E-state index is 12.5. The van der Waals surface area contributed by atoms with Gasteiger partial charge in [0.25, 0.3) is 5.91 Å². The van der Waals surface area contributed by atoms with E-state index in [1.54, 1.807) is 17.5 Å². The van der Waals surface area contributed by atoms with Crippen LogP contribution in [0.5, 0.6) is 0 Å². The number of carbonyl (C=O) groups excluding carboxylic acids is 1. The molecular formula is C13H15N3OS. The summed E-state index contributed by atoms with van der Waals surface area (Å²) in [7, 11) is 0. The quantitative estimate of drug-likeness (QED) is 0.903. The number of thiophene rings is 1. The van der Waals surface area contributed by atoms with E-state index >= 15 is 0 Å². The summed E-state index contributed by atoms with van der Waals surface area (Å²) in [6, 6.07) is 4.40. The molecule has 1 fully saturated rings. The number of carbonyl (C=O) groups is 1. The average Bonchev–Trinajstić information content (AvgIpc) is 3.09. The van der Waals surface area contributed by atoms with E-state index in [4.69, 9.17) is 0 Å². The summed E-state index contributed by atoms with van der Waals surface area (Å²) in [5.74, 6) is 0.0946. The molecule has 5 heteroatoms. The number of aromatic nitrogens is 2. The van der Waals surface area contributed by atoms with E-state index < -0.39 is 0 Å². The van der Waals surface area contributed by atoms with Crippen LogP contribution in [0.25, 0.3) is 0 Å². The number of likely N-dealkylation sites (tertiary alicyclic amines) is 1. The lowest BCUT2D eigenvalue weighted by molar-refractivity contribution is 0.0737. The minimum atomic E-state index is 0.0946. The highest BCUT2D eigenvalue weighted by atomic mass is 32.1. The zero-order valence-electron chi connectivity index (χ0n) is 10.2. The van der Waals surface area contributed by atoms with Gasteiger partial charge in [-0.25, -0.2) is 0 Å². The molecule has 0 saturated carbocycles. The molecule has 0 radical (unpaired) electrons. The summed E-state index contributed by atoms with van der Waals surface area (Å²) in [5, 5.41) is 8.83. The van der Waals surface area contributed by atoms with Crippen LogP contribution in [-0.4, -0.2) is 27.5 Å². The van der Waals surface area contributed by atoms with Crippen LogP contribution in [-0.2, 0) is 0 Å². The molecule has 18 heavy (non-hydrogen) atoms.